The summed E-state index contributed by atoms with van der Waals surface area (Å²) in [5.74, 6) is 0.0299. The van der Waals surface area contributed by atoms with E-state index in [4.69, 9.17) is 25.5 Å². The Hall–Kier alpha value is -1.82. The van der Waals surface area contributed by atoms with Crippen LogP contribution in [0.4, 0.5) is 11.8 Å². The smallest absolute Gasteiger partial charge is 0.331 e. The lowest BCUT2D eigenvalue weighted by atomic mass is 10.1. The second kappa shape index (κ2) is 8.13. The van der Waals surface area contributed by atoms with Crippen molar-refractivity contribution >= 4 is 30.5 Å². The van der Waals surface area contributed by atoms with Gasteiger partial charge in [0.1, 0.15) is 23.8 Å². The van der Waals surface area contributed by atoms with Gasteiger partial charge < -0.3 is 30.9 Å². The first kappa shape index (κ1) is 21.9. The van der Waals surface area contributed by atoms with E-state index >= 15 is 0 Å². The second-order valence-corrected chi connectivity index (χ2v) is 9.83. The standard InChI is InChI=1S/C16H27N6O6P/c1-7(2)26-5-9-12(28-29(24,25)8(3)4)11(23)15(27-9)22-6-19-10-13(17)20-16(18)21-14(10)22/h6-9,11-12,15,23H,5H2,1-4H3,(H,24,25)(H4,17,18,20,21)/t9-,11+,12?,15-/m1/s1. The zero-order chi connectivity index (χ0) is 21.5. The normalized spacial score (nSPS) is 27.2. The Bertz CT molecular complexity index is 921. The van der Waals surface area contributed by atoms with E-state index in [0.717, 1.165) is 0 Å². The molecule has 13 heteroatoms. The molecule has 0 radical (unpaired) electrons. The minimum atomic E-state index is -3.99. The van der Waals surface area contributed by atoms with Crippen LogP contribution in [-0.2, 0) is 18.6 Å². The topological polar surface area (TPSA) is 181 Å². The van der Waals surface area contributed by atoms with Gasteiger partial charge in [-0.15, -0.1) is 0 Å². The number of nitrogens with two attached hydrogens (primary N) is 2. The lowest BCUT2D eigenvalue weighted by molar-refractivity contribution is -0.0742. The van der Waals surface area contributed by atoms with Gasteiger partial charge in [0.15, 0.2) is 17.7 Å². The third-order valence-electron chi connectivity index (χ3n) is 4.57. The fourth-order valence-electron chi connectivity index (χ4n) is 2.94. The number of hydrogen-bond donors (Lipinski definition) is 4. The van der Waals surface area contributed by atoms with Crippen molar-refractivity contribution < 1.29 is 28.6 Å². The minimum Gasteiger partial charge on any atom is -0.386 e. The molecule has 0 saturated carbocycles. The summed E-state index contributed by atoms with van der Waals surface area (Å²) in [6, 6.07) is 0. The number of rotatable bonds is 7. The van der Waals surface area contributed by atoms with Crippen LogP contribution in [0.1, 0.15) is 33.9 Å². The van der Waals surface area contributed by atoms with Crippen molar-refractivity contribution in [2.45, 2.75) is 64.0 Å². The molecule has 0 aromatic carbocycles. The Morgan fingerprint density at radius 2 is 2.00 bits per heavy atom. The second-order valence-electron chi connectivity index (χ2n) is 7.46. The molecule has 0 spiro atoms. The Kier molecular flexibility index (Phi) is 6.13. The average Bonchev–Trinajstić information content (AvgIpc) is 3.15. The van der Waals surface area contributed by atoms with Gasteiger partial charge in [-0.2, -0.15) is 9.97 Å². The molecule has 2 aromatic rings. The molecule has 5 atom stereocenters. The molecule has 0 aliphatic carbocycles. The average molecular weight is 430 g/mol. The van der Waals surface area contributed by atoms with Crippen molar-refractivity contribution in [3.8, 4) is 0 Å². The first-order valence-corrected chi connectivity index (χ1v) is 10.9. The van der Waals surface area contributed by atoms with Crippen molar-refractivity contribution in [2.75, 3.05) is 18.1 Å². The van der Waals surface area contributed by atoms with E-state index in [-0.39, 0.29) is 30.1 Å². The van der Waals surface area contributed by atoms with Crippen LogP contribution in [0.25, 0.3) is 11.2 Å². The Labute approximate surface area is 167 Å². The molecule has 2 aromatic heterocycles. The lowest BCUT2D eigenvalue weighted by Crippen LogP contribution is -2.37. The first-order valence-electron chi connectivity index (χ1n) is 9.22. The molecule has 1 saturated heterocycles. The molecule has 0 amide bonds. The van der Waals surface area contributed by atoms with Crippen LogP contribution in [0, 0.1) is 0 Å². The summed E-state index contributed by atoms with van der Waals surface area (Å²) in [7, 11) is -3.99. The lowest BCUT2D eigenvalue weighted by Gasteiger charge is -2.25. The predicted molar refractivity (Wildman–Crippen MR) is 105 cm³/mol. The highest BCUT2D eigenvalue weighted by molar-refractivity contribution is 7.53. The van der Waals surface area contributed by atoms with Gasteiger partial charge in [-0.1, -0.05) is 13.8 Å². The quantitative estimate of drug-likeness (QED) is 0.453. The summed E-state index contributed by atoms with van der Waals surface area (Å²) < 4.78 is 30.9. The molecule has 1 aliphatic rings. The van der Waals surface area contributed by atoms with E-state index in [9.17, 15) is 14.6 Å². The molecule has 1 fully saturated rings. The predicted octanol–water partition coefficient (Wildman–Crippen LogP) is 0.653. The maximum atomic E-state index is 12.4. The Morgan fingerprint density at radius 1 is 1.31 bits per heavy atom. The van der Waals surface area contributed by atoms with Crippen LogP contribution in [0.3, 0.4) is 0 Å². The van der Waals surface area contributed by atoms with Crippen LogP contribution >= 0.6 is 7.60 Å². The van der Waals surface area contributed by atoms with Gasteiger partial charge in [0.25, 0.3) is 0 Å². The highest BCUT2D eigenvalue weighted by Crippen LogP contribution is 2.51. The van der Waals surface area contributed by atoms with Crippen molar-refractivity contribution in [1.82, 2.24) is 19.5 Å². The Balaban J connectivity index is 1.95. The molecule has 2 unspecified atom stereocenters. The zero-order valence-electron chi connectivity index (χ0n) is 16.7. The maximum absolute atomic E-state index is 12.4. The maximum Gasteiger partial charge on any atom is 0.331 e. The highest BCUT2D eigenvalue weighted by atomic mass is 31.2. The monoisotopic (exact) mass is 430 g/mol. The number of ether oxygens (including phenoxy) is 2. The molecule has 6 N–H and O–H groups in total. The van der Waals surface area contributed by atoms with Crippen molar-refractivity contribution in [2.24, 2.45) is 0 Å². The van der Waals surface area contributed by atoms with Crippen LogP contribution in [-0.4, -0.2) is 66.2 Å². The number of imidazole rings is 1. The van der Waals surface area contributed by atoms with Crippen LogP contribution < -0.4 is 11.5 Å². The third kappa shape index (κ3) is 4.37. The fraction of sp³-hybridized carbons (Fsp3) is 0.688. The summed E-state index contributed by atoms with van der Waals surface area (Å²) in [5.41, 5.74) is 11.4. The number of nitrogen functional groups attached to an aromatic ring is 2. The summed E-state index contributed by atoms with van der Waals surface area (Å²) in [6.07, 6.45) is -2.94. The molecule has 29 heavy (non-hydrogen) atoms. The summed E-state index contributed by atoms with van der Waals surface area (Å²) in [5, 5.41) is 10.9. The van der Waals surface area contributed by atoms with Crippen LogP contribution in [0.2, 0.25) is 0 Å². The highest BCUT2D eigenvalue weighted by Gasteiger charge is 2.49. The van der Waals surface area contributed by atoms with Gasteiger partial charge >= 0.3 is 7.60 Å². The van der Waals surface area contributed by atoms with Crippen LogP contribution in [0.15, 0.2) is 6.33 Å². The van der Waals surface area contributed by atoms with Gasteiger partial charge in [0, 0.05) is 0 Å². The molecule has 12 nitrogen and oxygen atoms in total. The largest absolute Gasteiger partial charge is 0.386 e. The van der Waals surface area contributed by atoms with Gasteiger partial charge in [0.05, 0.1) is 24.7 Å². The summed E-state index contributed by atoms with van der Waals surface area (Å²) in [4.78, 5) is 22.3. The fourth-order valence-corrected chi connectivity index (χ4v) is 3.79. The van der Waals surface area contributed by atoms with Gasteiger partial charge in [-0.05, 0) is 13.8 Å². The summed E-state index contributed by atoms with van der Waals surface area (Å²) >= 11 is 0. The number of aliphatic hydroxyl groups is 1. The van der Waals surface area contributed by atoms with Gasteiger partial charge in [-0.3, -0.25) is 13.7 Å². The molecule has 3 rings (SSSR count). The van der Waals surface area contributed by atoms with Crippen molar-refractivity contribution in [3.63, 3.8) is 0 Å². The van der Waals surface area contributed by atoms with E-state index in [2.05, 4.69) is 15.0 Å². The molecule has 1 aliphatic heterocycles. The zero-order valence-corrected chi connectivity index (χ0v) is 17.6. The van der Waals surface area contributed by atoms with Gasteiger partial charge in [-0.25, -0.2) is 4.98 Å². The minimum absolute atomic E-state index is 0.0554. The number of fused-ring (bicyclic) bond motifs is 1. The number of anilines is 2. The molecule has 3 heterocycles. The van der Waals surface area contributed by atoms with Crippen LogP contribution in [0.5, 0.6) is 0 Å². The number of aromatic nitrogens is 4. The Morgan fingerprint density at radius 3 is 2.62 bits per heavy atom. The van der Waals surface area contributed by atoms with E-state index in [1.807, 2.05) is 13.8 Å². The molecule has 162 valence electrons. The molecular weight excluding hydrogens is 403 g/mol. The van der Waals surface area contributed by atoms with E-state index < -0.39 is 37.8 Å². The number of aliphatic hydroxyl groups excluding tert-OH is 1. The first-order chi connectivity index (χ1) is 13.5. The van der Waals surface area contributed by atoms with E-state index in [0.29, 0.717) is 5.52 Å². The van der Waals surface area contributed by atoms with Crippen molar-refractivity contribution in [3.05, 3.63) is 6.33 Å². The molecule has 0 bridgehead atoms. The van der Waals surface area contributed by atoms with E-state index in [1.54, 1.807) is 13.8 Å². The molecular formula is C16H27N6O6P. The van der Waals surface area contributed by atoms with E-state index in [1.165, 1.54) is 10.9 Å². The van der Waals surface area contributed by atoms with Crippen molar-refractivity contribution in [1.29, 1.82) is 0 Å². The SMILES string of the molecule is CC(C)OC[C@H]1O[C@@H](n2cnc3c(N)nc(N)nc32)[C@@H](O)C1OP(=O)(O)C(C)C. The number of nitrogens with zero attached hydrogens (tertiary/aromatic N) is 4. The summed E-state index contributed by atoms with van der Waals surface area (Å²) in [6.45, 7) is 6.86. The van der Waals surface area contributed by atoms with Gasteiger partial charge in [0.2, 0.25) is 5.95 Å². The number of hydrogen-bond acceptors (Lipinski definition) is 10. The third-order valence-corrected chi connectivity index (χ3v) is 6.42.